The Kier molecular flexibility index (Phi) is 11.6. The van der Waals surface area contributed by atoms with Gasteiger partial charge in [0.25, 0.3) is 0 Å². The van der Waals surface area contributed by atoms with Crippen LogP contribution in [0.15, 0.2) is 96.2 Å². The Morgan fingerprint density at radius 2 is 1.85 bits per heavy atom. The van der Waals surface area contributed by atoms with Gasteiger partial charge in [-0.05, 0) is 43.0 Å². The van der Waals surface area contributed by atoms with Crippen molar-refractivity contribution in [3.05, 3.63) is 102 Å². The van der Waals surface area contributed by atoms with Crippen LogP contribution in [0.2, 0.25) is 0 Å². The molecule has 3 aromatic rings. The summed E-state index contributed by atoms with van der Waals surface area (Å²) in [5.74, 6) is 0.0917. The Morgan fingerprint density at radius 3 is 2.46 bits per heavy atom. The first-order valence-electron chi connectivity index (χ1n) is 11.8. The summed E-state index contributed by atoms with van der Waals surface area (Å²) in [6.07, 6.45) is -3.05. The maximum atomic E-state index is 13.4. The third-order valence-corrected chi connectivity index (χ3v) is 5.34. The lowest BCUT2D eigenvalue weighted by Gasteiger charge is -2.25. The third-order valence-electron chi connectivity index (χ3n) is 5.34. The van der Waals surface area contributed by atoms with Gasteiger partial charge in [-0.3, -0.25) is 4.99 Å². The van der Waals surface area contributed by atoms with Crippen LogP contribution in [-0.2, 0) is 16.1 Å². The number of hydrogen-bond acceptors (Lipinski definition) is 7. The molecule has 0 saturated heterocycles. The van der Waals surface area contributed by atoms with Gasteiger partial charge in [0, 0.05) is 38.3 Å². The molecule has 0 aliphatic carbocycles. The lowest BCUT2D eigenvalue weighted by Crippen LogP contribution is -2.26. The van der Waals surface area contributed by atoms with Gasteiger partial charge in [0.05, 0.1) is 11.1 Å². The molecule has 3 N–H and O–H groups in total. The molecule has 1 aromatic heterocycles. The summed E-state index contributed by atoms with van der Waals surface area (Å²) < 4.78 is 46.1. The first-order valence-corrected chi connectivity index (χ1v) is 11.8. The first kappa shape index (κ1) is 30.9. The molecule has 0 atom stereocenters. The van der Waals surface area contributed by atoms with Crippen molar-refractivity contribution in [2.45, 2.75) is 12.7 Å². The van der Waals surface area contributed by atoms with Crippen LogP contribution in [-0.4, -0.2) is 51.0 Å². The number of carbonyl (C=O) groups is 1. The number of aliphatic imine (C=N–C) groups is 1. The molecular weight excluding hydrogens is 507 g/mol. The molecule has 1 heterocycles. The molecule has 7 nitrogen and oxygen atoms in total. The highest BCUT2D eigenvalue weighted by Crippen LogP contribution is 2.29. The van der Waals surface area contributed by atoms with Gasteiger partial charge in [-0.1, -0.05) is 49.6 Å². The second kappa shape index (κ2) is 14.6. The van der Waals surface area contributed by atoms with Crippen molar-refractivity contribution in [1.29, 1.82) is 0 Å². The number of hydrogen-bond donors (Lipinski definition) is 2. The molecule has 206 valence electrons. The number of aromatic nitrogens is 1. The zero-order valence-electron chi connectivity index (χ0n) is 22.1. The number of rotatable bonds is 9. The number of para-hydroxylation sites is 1. The summed E-state index contributed by atoms with van der Waals surface area (Å²) in [4.78, 5) is 19.3. The number of aldehydes is 1. The van der Waals surface area contributed by atoms with Gasteiger partial charge in [0.2, 0.25) is 5.90 Å². The number of carbonyl (C=O) groups excluding carboxylic acids is 1. The van der Waals surface area contributed by atoms with Crippen LogP contribution in [0.1, 0.15) is 11.3 Å². The van der Waals surface area contributed by atoms with Crippen molar-refractivity contribution >= 4 is 34.5 Å². The average Bonchev–Trinajstić information content (AvgIpc) is 2.93. The van der Waals surface area contributed by atoms with Crippen LogP contribution in [0.3, 0.4) is 0 Å². The number of nitrogens with one attached hydrogen (secondary N) is 1. The van der Waals surface area contributed by atoms with E-state index < -0.39 is 11.7 Å². The molecule has 0 bridgehead atoms. The Hall–Kier alpha value is -4.28. The number of pyridine rings is 1. The number of halogens is 3. The number of alkyl halides is 3. The van der Waals surface area contributed by atoms with Crippen molar-refractivity contribution in [1.82, 2.24) is 10.3 Å². The van der Waals surface area contributed by atoms with E-state index in [0.717, 1.165) is 22.5 Å². The largest absolute Gasteiger partial charge is 0.436 e. The molecule has 3 rings (SSSR count). The second-order valence-corrected chi connectivity index (χ2v) is 8.16. The van der Waals surface area contributed by atoms with E-state index in [0.29, 0.717) is 24.2 Å². The van der Waals surface area contributed by atoms with Crippen LogP contribution >= 0.6 is 0 Å². The molecule has 0 radical (unpaired) electrons. The number of fused-ring (bicyclic) bond motifs is 1. The minimum absolute atomic E-state index is 0.0584. The van der Waals surface area contributed by atoms with Gasteiger partial charge in [-0.2, -0.15) is 13.2 Å². The summed E-state index contributed by atoms with van der Waals surface area (Å²) >= 11 is 0. The van der Waals surface area contributed by atoms with Crippen LogP contribution in [0.25, 0.3) is 16.7 Å². The van der Waals surface area contributed by atoms with Gasteiger partial charge in [0.15, 0.2) is 0 Å². The summed E-state index contributed by atoms with van der Waals surface area (Å²) in [5, 5.41) is 4.00. The van der Waals surface area contributed by atoms with Gasteiger partial charge in [0.1, 0.15) is 23.4 Å². The molecule has 0 unspecified atom stereocenters. The van der Waals surface area contributed by atoms with Crippen LogP contribution < -0.4 is 16.0 Å². The fourth-order valence-electron chi connectivity index (χ4n) is 3.37. The number of allylic oxidation sites excluding steroid dienone is 2. The van der Waals surface area contributed by atoms with Crippen LogP contribution in [0.5, 0.6) is 0 Å². The molecule has 0 aliphatic heterocycles. The van der Waals surface area contributed by atoms with Crippen LogP contribution in [0.4, 0.5) is 18.9 Å². The van der Waals surface area contributed by atoms with E-state index in [1.54, 1.807) is 24.1 Å². The van der Waals surface area contributed by atoms with Crippen LogP contribution in [0, 0.1) is 0 Å². The minimum Gasteiger partial charge on any atom is -0.436 e. The average molecular weight is 540 g/mol. The maximum absolute atomic E-state index is 13.4. The molecular formula is C29H32F3N5O2. The molecule has 0 fully saturated rings. The van der Waals surface area contributed by atoms with Gasteiger partial charge in [-0.25, -0.2) is 4.98 Å². The van der Waals surface area contributed by atoms with Crippen molar-refractivity contribution in [3.8, 4) is 0 Å². The van der Waals surface area contributed by atoms with E-state index in [4.69, 9.17) is 9.53 Å². The zero-order valence-corrected chi connectivity index (χ0v) is 22.1. The minimum atomic E-state index is -4.62. The molecule has 10 heteroatoms. The van der Waals surface area contributed by atoms with Crippen molar-refractivity contribution < 1.29 is 22.7 Å². The summed E-state index contributed by atoms with van der Waals surface area (Å²) in [6.45, 7) is 7.87. The highest BCUT2D eigenvalue weighted by atomic mass is 19.4. The van der Waals surface area contributed by atoms with Gasteiger partial charge < -0.3 is 25.5 Å². The summed E-state index contributed by atoms with van der Waals surface area (Å²) in [7, 11) is 4.89. The zero-order chi connectivity index (χ0) is 29.0. The lowest BCUT2D eigenvalue weighted by molar-refractivity contribution is -0.106. The Labute approximate surface area is 226 Å². The monoisotopic (exact) mass is 539 g/mol. The fourth-order valence-corrected chi connectivity index (χ4v) is 3.37. The maximum Gasteiger partial charge on any atom is 0.415 e. The highest BCUT2D eigenvalue weighted by Gasteiger charge is 2.32. The predicted octanol–water partition coefficient (Wildman–Crippen LogP) is 5.25. The molecule has 0 saturated carbocycles. The fraction of sp³-hybridized carbons (Fsp3) is 0.207. The number of anilines is 1. The third kappa shape index (κ3) is 8.91. The quantitative estimate of drug-likeness (QED) is 0.127. The lowest BCUT2D eigenvalue weighted by atomic mass is 10.1. The van der Waals surface area contributed by atoms with Crippen molar-refractivity contribution in [3.63, 3.8) is 0 Å². The van der Waals surface area contributed by atoms with Crippen molar-refractivity contribution in [2.75, 3.05) is 32.6 Å². The van der Waals surface area contributed by atoms with E-state index in [9.17, 15) is 13.2 Å². The van der Waals surface area contributed by atoms with E-state index in [-0.39, 0.29) is 23.9 Å². The molecule has 0 aliphatic rings. The number of likely N-dealkylation sites (N-methyl/N-ethyl adjacent to an activating group) is 1. The second-order valence-electron chi connectivity index (χ2n) is 8.16. The van der Waals surface area contributed by atoms with E-state index in [1.807, 2.05) is 55.6 Å². The smallest absolute Gasteiger partial charge is 0.415 e. The molecule has 39 heavy (non-hydrogen) atoms. The number of ether oxygens (including phenoxy) is 1. The van der Waals surface area contributed by atoms with E-state index >= 15 is 0 Å². The standard InChI is InChI=1S/C27H27F3N4O.C2H5NO/c1-18(27(28,29)30)15-25(34(5)22-11-8-9-20(16-22)17-31-3)26(32-4)35-19(2)23-14-13-21-10-6-7-12-24(21)33-23;3-1-2-4/h6-16,31H,1-2,17H2,3-5H3;2H,1,3H2/b25-15-,32-26?;. The predicted molar refractivity (Wildman–Crippen MR) is 151 cm³/mol. The SMILES string of the molecule is C=C(OC(=NC)/C(=C/C(=C)C(F)(F)F)N(C)c1cccc(CNC)c1)c1ccc2ccccc2n1.NCC=O. The molecule has 2 aromatic carbocycles. The summed E-state index contributed by atoms with van der Waals surface area (Å²) in [5.41, 5.74) is 6.49. The number of benzene rings is 2. The molecule has 0 amide bonds. The van der Waals surface area contributed by atoms with Crippen molar-refractivity contribution in [2.24, 2.45) is 10.7 Å². The van der Waals surface area contributed by atoms with Gasteiger partial charge >= 0.3 is 6.18 Å². The Balaban J connectivity index is 0.00000124. The normalized spacial score (nSPS) is 11.9. The van der Waals surface area contributed by atoms with E-state index in [2.05, 4.69) is 34.2 Å². The Morgan fingerprint density at radius 1 is 1.15 bits per heavy atom. The molecule has 0 spiro atoms. The topological polar surface area (TPSA) is 92.8 Å². The van der Waals surface area contributed by atoms with E-state index in [1.165, 1.54) is 7.05 Å². The number of nitrogens with zero attached hydrogens (tertiary/aromatic N) is 3. The first-order chi connectivity index (χ1) is 18.5. The number of nitrogens with two attached hydrogens (primary N) is 1. The van der Waals surface area contributed by atoms with Gasteiger partial charge in [-0.15, -0.1) is 0 Å². The Bertz CT molecular complexity index is 1370. The summed E-state index contributed by atoms with van der Waals surface area (Å²) in [6, 6.07) is 18.6. The highest BCUT2D eigenvalue weighted by molar-refractivity contribution is 6.00.